The lowest BCUT2D eigenvalue weighted by molar-refractivity contribution is 0.442. The van der Waals surface area contributed by atoms with Crippen molar-refractivity contribution in [3.63, 3.8) is 0 Å². The van der Waals surface area contributed by atoms with E-state index in [1.807, 2.05) is 6.92 Å². The average Bonchev–Trinajstić information content (AvgIpc) is 2.94. The summed E-state index contributed by atoms with van der Waals surface area (Å²) in [6, 6.07) is 32.8. The van der Waals surface area contributed by atoms with Crippen molar-refractivity contribution < 1.29 is 5.11 Å². The maximum atomic E-state index is 11.5. The number of hydrogen-bond donors (Lipinski definition) is 1. The second-order valence-corrected chi connectivity index (χ2v) is 13.9. The Morgan fingerprint density at radius 1 is 0.700 bits per heavy atom. The summed E-state index contributed by atoms with van der Waals surface area (Å²) in [5, 5.41) is 12.7. The van der Waals surface area contributed by atoms with E-state index >= 15 is 0 Å². The van der Waals surface area contributed by atoms with Gasteiger partial charge in [0.25, 0.3) is 0 Å². The zero-order valence-corrected chi connectivity index (χ0v) is 26.4. The fourth-order valence-corrected chi connectivity index (χ4v) is 7.41. The molecule has 0 saturated heterocycles. The van der Waals surface area contributed by atoms with Crippen LogP contribution in [0.4, 0.5) is 5.69 Å². The van der Waals surface area contributed by atoms with E-state index in [4.69, 9.17) is 0 Å². The van der Waals surface area contributed by atoms with Gasteiger partial charge in [0.2, 0.25) is 0 Å². The van der Waals surface area contributed by atoms with Crippen LogP contribution in [0.25, 0.3) is 0 Å². The summed E-state index contributed by atoms with van der Waals surface area (Å²) in [6.07, 6.45) is 1.93. The molecule has 1 atom stereocenters. The zero-order chi connectivity index (χ0) is 28.9. The van der Waals surface area contributed by atoms with E-state index < -0.39 is 0 Å². The molecule has 4 rings (SSSR count). The van der Waals surface area contributed by atoms with E-state index in [1.165, 1.54) is 33.2 Å². The summed E-state index contributed by atoms with van der Waals surface area (Å²) in [6.45, 7) is 17.3. The minimum atomic E-state index is -0.151. The Labute approximate surface area is 244 Å². The topological polar surface area (TPSA) is 23.5 Å². The number of nitrogens with zero attached hydrogens (tertiary/aromatic N) is 1. The molecule has 3 heteroatoms. The smallest absolute Gasteiger partial charge is 0.122 e. The second-order valence-electron chi connectivity index (χ2n) is 12.1. The quantitative estimate of drug-likeness (QED) is 0.198. The molecule has 0 bridgehead atoms. The molecule has 0 aromatic heterocycles. The van der Waals surface area contributed by atoms with Crippen LogP contribution in [0.3, 0.4) is 0 Å². The van der Waals surface area contributed by atoms with Gasteiger partial charge in [-0.15, -0.1) is 0 Å². The van der Waals surface area contributed by atoms with Crippen LogP contribution in [0.1, 0.15) is 80.8 Å². The van der Waals surface area contributed by atoms with Gasteiger partial charge in [-0.2, -0.15) is 0 Å². The highest BCUT2D eigenvalue weighted by atomic mass is 31.1. The van der Waals surface area contributed by atoms with Crippen LogP contribution < -0.4 is 10.2 Å². The molecule has 0 aliphatic rings. The van der Waals surface area contributed by atoms with Crippen LogP contribution in [0.2, 0.25) is 0 Å². The Kier molecular flexibility index (Phi) is 9.42. The standard InChI is InChI=1S/C37H46NOP/c1-8-37(9-2,32-24-31(36(5,6)7)23-28(4)34(32)39)40-35-27(3)17-16-22-33(35)38(25-29-18-12-10-13-19-29)26-30-20-14-11-15-21-30/h10-24,39-40H,8-9,25-26H2,1-7H3. The first-order chi connectivity index (χ1) is 19.1. The van der Waals surface area contributed by atoms with Crippen LogP contribution in [-0.2, 0) is 23.7 Å². The van der Waals surface area contributed by atoms with Crippen molar-refractivity contribution in [1.82, 2.24) is 0 Å². The number of aromatic hydroxyl groups is 1. The van der Waals surface area contributed by atoms with E-state index in [0.29, 0.717) is 14.3 Å². The van der Waals surface area contributed by atoms with Gasteiger partial charge in [-0.25, -0.2) is 0 Å². The van der Waals surface area contributed by atoms with E-state index in [-0.39, 0.29) is 10.6 Å². The molecule has 0 aliphatic heterocycles. The number of phenolic OH excluding ortho intramolecular Hbond substituents is 1. The molecule has 0 fully saturated rings. The van der Waals surface area contributed by atoms with Gasteiger partial charge < -0.3 is 10.0 Å². The summed E-state index contributed by atoms with van der Waals surface area (Å²) in [7, 11) is 0.526. The van der Waals surface area contributed by atoms with Crippen LogP contribution >= 0.6 is 8.58 Å². The lowest BCUT2D eigenvalue weighted by Crippen LogP contribution is -2.30. The SMILES string of the molecule is CCC(CC)(Pc1c(C)cccc1N(Cc1ccccc1)Cc1ccccc1)c1cc(C(C)(C)C)cc(C)c1O. The fraction of sp³-hybridized carbons (Fsp3) is 0.351. The monoisotopic (exact) mass is 551 g/mol. The Hall–Kier alpha value is -3.09. The van der Waals surface area contributed by atoms with Crippen LogP contribution in [0.5, 0.6) is 5.75 Å². The first-order valence-corrected chi connectivity index (χ1v) is 15.6. The highest BCUT2D eigenvalue weighted by Crippen LogP contribution is 2.52. The maximum Gasteiger partial charge on any atom is 0.122 e. The van der Waals surface area contributed by atoms with Gasteiger partial charge in [0.15, 0.2) is 0 Å². The number of rotatable bonds is 10. The number of benzene rings is 4. The van der Waals surface area contributed by atoms with Crippen molar-refractivity contribution in [3.8, 4) is 5.75 Å². The summed E-state index contributed by atoms with van der Waals surface area (Å²) < 4.78 is 0. The maximum absolute atomic E-state index is 11.5. The van der Waals surface area contributed by atoms with Crippen LogP contribution in [0.15, 0.2) is 91.0 Å². The first-order valence-electron chi connectivity index (χ1n) is 14.6. The highest BCUT2D eigenvalue weighted by molar-refractivity contribution is 7.49. The molecular formula is C37H46NOP. The van der Waals surface area contributed by atoms with Gasteiger partial charge >= 0.3 is 0 Å². The molecule has 0 radical (unpaired) electrons. The van der Waals surface area contributed by atoms with Crippen LogP contribution in [-0.4, -0.2) is 5.11 Å². The van der Waals surface area contributed by atoms with E-state index in [2.05, 4.69) is 137 Å². The third-order valence-corrected chi connectivity index (χ3v) is 10.6. The molecule has 0 saturated carbocycles. The molecule has 0 heterocycles. The third kappa shape index (κ3) is 6.61. The number of phenols is 1. The fourth-order valence-electron chi connectivity index (χ4n) is 5.60. The van der Waals surface area contributed by atoms with Gasteiger partial charge in [-0.1, -0.05) is 128 Å². The van der Waals surface area contributed by atoms with Crippen molar-refractivity contribution in [3.05, 3.63) is 124 Å². The van der Waals surface area contributed by atoms with E-state index in [0.717, 1.165) is 37.1 Å². The van der Waals surface area contributed by atoms with Gasteiger partial charge in [0.05, 0.1) is 0 Å². The van der Waals surface area contributed by atoms with Crippen molar-refractivity contribution in [2.75, 3.05) is 4.90 Å². The van der Waals surface area contributed by atoms with Crippen LogP contribution in [0, 0.1) is 13.8 Å². The Morgan fingerprint density at radius 3 is 1.75 bits per heavy atom. The average molecular weight is 552 g/mol. The Morgan fingerprint density at radius 2 is 1.25 bits per heavy atom. The largest absolute Gasteiger partial charge is 0.507 e. The molecule has 4 aromatic carbocycles. The van der Waals surface area contributed by atoms with Crippen molar-refractivity contribution in [2.24, 2.45) is 0 Å². The minimum Gasteiger partial charge on any atom is -0.507 e. The molecule has 1 unspecified atom stereocenters. The van der Waals surface area contributed by atoms with Crippen molar-refractivity contribution in [2.45, 2.75) is 85.0 Å². The Bertz CT molecular complexity index is 1360. The molecule has 210 valence electrons. The normalized spacial score (nSPS) is 12.3. The summed E-state index contributed by atoms with van der Waals surface area (Å²) in [5.74, 6) is 0.463. The summed E-state index contributed by atoms with van der Waals surface area (Å²) in [4.78, 5) is 2.53. The molecule has 40 heavy (non-hydrogen) atoms. The van der Waals surface area contributed by atoms with Crippen molar-refractivity contribution >= 4 is 19.6 Å². The summed E-state index contributed by atoms with van der Waals surface area (Å²) in [5.41, 5.74) is 8.59. The highest BCUT2D eigenvalue weighted by Gasteiger charge is 2.35. The molecule has 0 amide bonds. The second kappa shape index (κ2) is 12.6. The lowest BCUT2D eigenvalue weighted by Gasteiger charge is -2.37. The predicted octanol–water partition coefficient (Wildman–Crippen LogP) is 9.53. The lowest BCUT2D eigenvalue weighted by atomic mass is 9.81. The zero-order valence-electron chi connectivity index (χ0n) is 25.4. The molecular weight excluding hydrogens is 505 g/mol. The van der Waals surface area contributed by atoms with Crippen molar-refractivity contribution in [1.29, 1.82) is 0 Å². The number of anilines is 1. The molecule has 1 N–H and O–H groups in total. The Balaban J connectivity index is 1.85. The molecule has 2 nitrogen and oxygen atoms in total. The van der Waals surface area contributed by atoms with E-state index in [1.54, 1.807) is 0 Å². The van der Waals surface area contributed by atoms with E-state index in [9.17, 15) is 5.11 Å². The first kappa shape index (κ1) is 29.9. The van der Waals surface area contributed by atoms with Gasteiger partial charge in [-0.05, 0) is 71.3 Å². The number of hydrogen-bond acceptors (Lipinski definition) is 2. The van der Waals surface area contributed by atoms with Gasteiger partial charge in [0.1, 0.15) is 5.75 Å². The number of aryl methyl sites for hydroxylation is 2. The third-order valence-electron chi connectivity index (χ3n) is 8.28. The minimum absolute atomic E-state index is 0.0134. The van der Waals surface area contributed by atoms with Gasteiger partial charge in [0, 0.05) is 29.5 Å². The predicted molar refractivity (Wildman–Crippen MR) is 176 cm³/mol. The van der Waals surface area contributed by atoms with Gasteiger partial charge in [-0.3, -0.25) is 0 Å². The molecule has 4 aromatic rings. The summed E-state index contributed by atoms with van der Waals surface area (Å²) >= 11 is 0. The molecule has 0 spiro atoms. The molecule has 0 aliphatic carbocycles.